The average molecular weight is 447 g/mol. The number of carbonyl (C=O) groups is 1. The summed E-state index contributed by atoms with van der Waals surface area (Å²) in [7, 11) is 2.11. The Morgan fingerprint density at radius 2 is 2.09 bits per heavy atom. The summed E-state index contributed by atoms with van der Waals surface area (Å²) in [5, 5.41) is 6.47. The molecule has 0 aliphatic carbocycles. The quantitative estimate of drug-likeness (QED) is 0.478. The van der Waals surface area contributed by atoms with Gasteiger partial charge in [-0.25, -0.2) is 4.98 Å². The fourth-order valence-corrected chi connectivity index (χ4v) is 5.11. The van der Waals surface area contributed by atoms with Crippen LogP contribution in [0, 0.1) is 6.92 Å². The number of hydrogen-bond acceptors (Lipinski definition) is 6. The number of fused-ring (bicyclic) bond motifs is 2. The van der Waals surface area contributed by atoms with Gasteiger partial charge in [0.15, 0.2) is 5.82 Å². The molecule has 5 rings (SSSR count). The van der Waals surface area contributed by atoms with E-state index in [1.165, 1.54) is 4.88 Å². The third-order valence-electron chi connectivity index (χ3n) is 5.99. The van der Waals surface area contributed by atoms with Crippen molar-refractivity contribution in [1.29, 1.82) is 0 Å². The molecule has 1 aliphatic heterocycles. The average Bonchev–Trinajstić information content (AvgIpc) is 3.36. The Bertz CT molecular complexity index is 1290. The summed E-state index contributed by atoms with van der Waals surface area (Å²) in [6, 6.07) is 11.8. The topological polar surface area (TPSA) is 89.1 Å². The highest BCUT2D eigenvalue weighted by molar-refractivity contribution is 7.09. The van der Waals surface area contributed by atoms with E-state index in [-0.39, 0.29) is 0 Å². The van der Waals surface area contributed by atoms with Gasteiger partial charge in [-0.2, -0.15) is 4.98 Å². The van der Waals surface area contributed by atoms with Gasteiger partial charge in [0.05, 0.1) is 17.8 Å². The fourth-order valence-electron chi connectivity index (χ4n) is 4.47. The molecule has 1 aromatic carbocycles. The first-order valence-electron chi connectivity index (χ1n) is 10.8. The van der Waals surface area contributed by atoms with Crippen LogP contribution in [0.3, 0.4) is 0 Å². The van der Waals surface area contributed by atoms with Crippen molar-refractivity contribution >= 4 is 39.7 Å². The number of nitrogens with zero attached hydrogens (tertiary/aromatic N) is 4. The Labute approximate surface area is 190 Å². The minimum absolute atomic E-state index is 0.435. The fraction of sp³-hybridized carbons (Fsp3) is 0.292. The number of primary amides is 1. The predicted molar refractivity (Wildman–Crippen MR) is 130 cm³/mol. The van der Waals surface area contributed by atoms with E-state index in [0.717, 1.165) is 59.6 Å². The second-order valence-corrected chi connectivity index (χ2v) is 9.24. The lowest BCUT2D eigenvalue weighted by atomic mass is 10.1. The molecule has 0 unspecified atom stereocenters. The third kappa shape index (κ3) is 3.60. The molecule has 3 aromatic heterocycles. The summed E-state index contributed by atoms with van der Waals surface area (Å²) in [5.41, 5.74) is 10.1. The maximum absolute atomic E-state index is 12.0. The van der Waals surface area contributed by atoms with Crippen molar-refractivity contribution in [3.63, 3.8) is 0 Å². The number of carbonyl (C=O) groups excluding carboxylic acids is 1. The normalized spacial score (nSPS) is 13.8. The smallest absolute Gasteiger partial charge is 0.249 e. The van der Waals surface area contributed by atoms with Gasteiger partial charge in [0.2, 0.25) is 11.9 Å². The zero-order chi connectivity index (χ0) is 22.2. The number of rotatable bonds is 5. The van der Waals surface area contributed by atoms with Gasteiger partial charge in [-0.3, -0.25) is 9.36 Å². The lowest BCUT2D eigenvalue weighted by molar-refractivity contribution is 0.100. The van der Waals surface area contributed by atoms with E-state index in [1.54, 1.807) is 17.4 Å². The number of hydrogen-bond donors (Lipinski definition) is 2. The van der Waals surface area contributed by atoms with Gasteiger partial charge in [0, 0.05) is 35.1 Å². The van der Waals surface area contributed by atoms with E-state index in [2.05, 4.69) is 34.8 Å². The van der Waals surface area contributed by atoms with Crippen molar-refractivity contribution in [2.75, 3.05) is 23.8 Å². The molecule has 1 aliphatic rings. The van der Waals surface area contributed by atoms with Gasteiger partial charge in [-0.1, -0.05) is 12.1 Å². The van der Waals surface area contributed by atoms with E-state index in [4.69, 9.17) is 15.7 Å². The molecule has 8 heteroatoms. The predicted octanol–water partition coefficient (Wildman–Crippen LogP) is 4.27. The molecular weight excluding hydrogens is 420 g/mol. The molecule has 4 heterocycles. The third-order valence-corrected chi connectivity index (χ3v) is 6.87. The number of anilines is 2. The summed E-state index contributed by atoms with van der Waals surface area (Å²) < 4.78 is 2.02. The maximum Gasteiger partial charge on any atom is 0.249 e. The first kappa shape index (κ1) is 20.5. The van der Waals surface area contributed by atoms with E-state index in [1.807, 2.05) is 29.7 Å². The van der Waals surface area contributed by atoms with E-state index in [0.29, 0.717) is 18.1 Å². The highest BCUT2D eigenvalue weighted by Gasteiger charge is 2.23. The number of nitrogens with two attached hydrogens (primary N) is 1. The number of thiophene rings is 1. The van der Waals surface area contributed by atoms with Crippen molar-refractivity contribution in [3.05, 3.63) is 63.6 Å². The SMILES string of the molecule is Cc1cc2c(C(N)=O)cccc2n1-c1nc2c(c(NCc3cccs3)n1)N(C)CCCC2. The lowest BCUT2D eigenvalue weighted by Gasteiger charge is -2.23. The standard InChI is InChI=1S/C24H26N6OS/c1-15-13-18-17(22(25)31)8-5-10-20(18)30(15)24-27-19-9-3-4-11-29(2)21(19)23(28-24)26-14-16-7-6-12-32-16/h5-8,10,12-13H,3-4,9,11,14H2,1-2H3,(H2,25,31)(H,26,27,28). The molecule has 0 bridgehead atoms. The molecule has 32 heavy (non-hydrogen) atoms. The second-order valence-electron chi connectivity index (χ2n) is 8.20. The van der Waals surface area contributed by atoms with Gasteiger partial charge < -0.3 is 16.0 Å². The van der Waals surface area contributed by atoms with Crippen molar-refractivity contribution in [2.24, 2.45) is 5.73 Å². The van der Waals surface area contributed by atoms with Gasteiger partial charge >= 0.3 is 0 Å². The molecule has 1 amide bonds. The van der Waals surface area contributed by atoms with E-state index >= 15 is 0 Å². The zero-order valence-corrected chi connectivity index (χ0v) is 19.1. The minimum Gasteiger partial charge on any atom is -0.370 e. The van der Waals surface area contributed by atoms with Crippen LogP contribution in [0.1, 0.15) is 39.5 Å². The van der Waals surface area contributed by atoms with Crippen LogP contribution in [0.25, 0.3) is 16.9 Å². The van der Waals surface area contributed by atoms with Crippen LogP contribution in [-0.4, -0.2) is 34.0 Å². The Morgan fingerprint density at radius 3 is 2.88 bits per heavy atom. The number of aromatic nitrogens is 3. The molecule has 0 radical (unpaired) electrons. The molecular formula is C24H26N6OS. The molecule has 0 saturated heterocycles. The number of amides is 1. The largest absolute Gasteiger partial charge is 0.370 e. The Kier molecular flexibility index (Phi) is 5.30. The van der Waals surface area contributed by atoms with Crippen molar-refractivity contribution in [1.82, 2.24) is 14.5 Å². The maximum atomic E-state index is 12.0. The lowest BCUT2D eigenvalue weighted by Crippen LogP contribution is -2.22. The summed E-state index contributed by atoms with van der Waals surface area (Å²) >= 11 is 1.73. The summed E-state index contributed by atoms with van der Waals surface area (Å²) in [6.45, 7) is 3.70. The van der Waals surface area contributed by atoms with Crippen LogP contribution in [0.4, 0.5) is 11.5 Å². The van der Waals surface area contributed by atoms with Crippen LogP contribution < -0.4 is 16.0 Å². The highest BCUT2D eigenvalue weighted by Crippen LogP contribution is 2.34. The molecule has 3 N–H and O–H groups in total. The molecule has 4 aromatic rings. The molecule has 0 atom stereocenters. The van der Waals surface area contributed by atoms with Gasteiger partial charge in [0.25, 0.3) is 0 Å². The van der Waals surface area contributed by atoms with Gasteiger partial charge in [-0.15, -0.1) is 11.3 Å². The second kappa shape index (κ2) is 8.27. The van der Waals surface area contributed by atoms with E-state index < -0.39 is 5.91 Å². The van der Waals surface area contributed by atoms with Gasteiger partial charge in [0.1, 0.15) is 5.69 Å². The Balaban J connectivity index is 1.67. The summed E-state index contributed by atoms with van der Waals surface area (Å²) in [5.74, 6) is 1.02. The number of nitrogens with one attached hydrogen (secondary N) is 1. The number of aryl methyl sites for hydroxylation is 2. The van der Waals surface area contributed by atoms with Gasteiger partial charge in [-0.05, 0) is 55.8 Å². The molecule has 7 nitrogen and oxygen atoms in total. The molecule has 164 valence electrons. The summed E-state index contributed by atoms with van der Waals surface area (Å²) in [4.78, 5) is 25.5. The Hall–Kier alpha value is -3.39. The summed E-state index contributed by atoms with van der Waals surface area (Å²) in [6.07, 6.45) is 3.13. The first-order chi connectivity index (χ1) is 15.5. The van der Waals surface area contributed by atoms with Crippen LogP contribution in [0.5, 0.6) is 0 Å². The molecule has 0 spiro atoms. The first-order valence-corrected chi connectivity index (χ1v) is 11.7. The van der Waals surface area contributed by atoms with Crippen LogP contribution in [-0.2, 0) is 13.0 Å². The highest BCUT2D eigenvalue weighted by atomic mass is 32.1. The van der Waals surface area contributed by atoms with Crippen molar-refractivity contribution in [3.8, 4) is 5.95 Å². The Morgan fingerprint density at radius 1 is 1.22 bits per heavy atom. The van der Waals surface area contributed by atoms with E-state index in [9.17, 15) is 4.79 Å². The number of benzene rings is 1. The minimum atomic E-state index is -0.435. The molecule has 0 saturated carbocycles. The zero-order valence-electron chi connectivity index (χ0n) is 18.3. The van der Waals surface area contributed by atoms with Crippen LogP contribution in [0.2, 0.25) is 0 Å². The van der Waals surface area contributed by atoms with Crippen LogP contribution >= 0.6 is 11.3 Å². The monoisotopic (exact) mass is 446 g/mol. The van der Waals surface area contributed by atoms with Crippen molar-refractivity contribution in [2.45, 2.75) is 32.7 Å². The van der Waals surface area contributed by atoms with Crippen molar-refractivity contribution < 1.29 is 4.79 Å². The van der Waals surface area contributed by atoms with Crippen LogP contribution in [0.15, 0.2) is 41.8 Å². The molecule has 0 fully saturated rings.